The molecular formula is C23H32N4O. The highest BCUT2D eigenvalue weighted by Gasteiger charge is 2.11. The molecule has 1 aliphatic heterocycles. The lowest BCUT2D eigenvalue weighted by molar-refractivity contribution is 0.280. The zero-order valence-corrected chi connectivity index (χ0v) is 16.8. The second-order valence-electron chi connectivity index (χ2n) is 7.28. The summed E-state index contributed by atoms with van der Waals surface area (Å²) in [5.74, 6) is 0.788. The van der Waals surface area contributed by atoms with Gasteiger partial charge >= 0.3 is 0 Å². The standard InChI is InChI=1S/C23H32N4O/c1-2-24-23(26-16-21-7-3-4-8-22(21)18-28)25-15-19-9-11-20(12-10-19)17-27-13-5-6-14-27/h3-4,7-12,28H,2,5-6,13-18H2,1H3,(H2,24,25,26). The van der Waals surface area contributed by atoms with E-state index in [1.807, 2.05) is 24.3 Å². The van der Waals surface area contributed by atoms with E-state index in [2.05, 4.69) is 46.7 Å². The average molecular weight is 381 g/mol. The van der Waals surface area contributed by atoms with Gasteiger partial charge < -0.3 is 15.7 Å². The molecule has 1 fully saturated rings. The Morgan fingerprint density at radius 3 is 2.32 bits per heavy atom. The van der Waals surface area contributed by atoms with E-state index >= 15 is 0 Å². The van der Waals surface area contributed by atoms with Gasteiger partial charge in [-0.15, -0.1) is 0 Å². The van der Waals surface area contributed by atoms with Crippen LogP contribution in [-0.4, -0.2) is 35.6 Å². The minimum absolute atomic E-state index is 0.0509. The molecule has 2 aromatic rings. The first-order chi connectivity index (χ1) is 13.8. The first kappa shape index (κ1) is 20.4. The van der Waals surface area contributed by atoms with E-state index in [9.17, 15) is 5.11 Å². The molecule has 3 rings (SSSR count). The number of likely N-dealkylation sites (tertiary alicyclic amines) is 1. The van der Waals surface area contributed by atoms with Crippen LogP contribution in [0.4, 0.5) is 0 Å². The van der Waals surface area contributed by atoms with Crippen LogP contribution in [-0.2, 0) is 26.2 Å². The summed E-state index contributed by atoms with van der Waals surface area (Å²) in [6, 6.07) is 16.7. The maximum Gasteiger partial charge on any atom is 0.191 e. The molecule has 28 heavy (non-hydrogen) atoms. The van der Waals surface area contributed by atoms with Crippen LogP contribution in [0, 0.1) is 0 Å². The predicted molar refractivity (Wildman–Crippen MR) is 115 cm³/mol. The number of nitrogens with zero attached hydrogens (tertiary/aromatic N) is 2. The monoisotopic (exact) mass is 380 g/mol. The van der Waals surface area contributed by atoms with Gasteiger partial charge in [0.2, 0.25) is 0 Å². The molecule has 3 N–H and O–H groups in total. The minimum Gasteiger partial charge on any atom is -0.392 e. The van der Waals surface area contributed by atoms with Gasteiger partial charge in [-0.1, -0.05) is 48.5 Å². The van der Waals surface area contributed by atoms with Crippen molar-refractivity contribution in [2.45, 2.75) is 46.0 Å². The smallest absolute Gasteiger partial charge is 0.191 e. The number of nitrogens with one attached hydrogen (secondary N) is 2. The number of hydrogen-bond donors (Lipinski definition) is 3. The molecule has 1 heterocycles. The molecule has 0 aliphatic carbocycles. The van der Waals surface area contributed by atoms with Gasteiger partial charge in [0.05, 0.1) is 13.2 Å². The molecule has 1 aliphatic rings. The number of guanidine groups is 1. The van der Waals surface area contributed by atoms with E-state index in [0.29, 0.717) is 13.1 Å². The highest BCUT2D eigenvalue weighted by molar-refractivity contribution is 5.79. The molecule has 150 valence electrons. The Hall–Kier alpha value is -2.37. The molecule has 0 amide bonds. The summed E-state index contributed by atoms with van der Waals surface area (Å²) in [6.07, 6.45) is 2.66. The number of hydrogen-bond acceptors (Lipinski definition) is 3. The molecule has 0 bridgehead atoms. The number of aliphatic hydroxyl groups excluding tert-OH is 1. The van der Waals surface area contributed by atoms with E-state index in [1.165, 1.54) is 37.1 Å². The molecule has 5 heteroatoms. The minimum atomic E-state index is 0.0509. The molecular weight excluding hydrogens is 348 g/mol. The van der Waals surface area contributed by atoms with Crippen molar-refractivity contribution >= 4 is 5.96 Å². The summed E-state index contributed by atoms with van der Waals surface area (Å²) in [5.41, 5.74) is 4.61. The Labute approximate surface area is 168 Å². The third kappa shape index (κ3) is 6.08. The van der Waals surface area contributed by atoms with Gasteiger partial charge in [-0.3, -0.25) is 4.90 Å². The second kappa shape index (κ2) is 10.8. The first-order valence-electron chi connectivity index (χ1n) is 10.3. The van der Waals surface area contributed by atoms with Crippen molar-refractivity contribution in [1.29, 1.82) is 0 Å². The van der Waals surface area contributed by atoms with Crippen molar-refractivity contribution in [2.24, 2.45) is 4.99 Å². The lowest BCUT2D eigenvalue weighted by Gasteiger charge is -2.15. The third-order valence-corrected chi connectivity index (χ3v) is 5.13. The van der Waals surface area contributed by atoms with Gasteiger partial charge in [0.1, 0.15) is 0 Å². The van der Waals surface area contributed by atoms with Crippen molar-refractivity contribution in [3.05, 3.63) is 70.8 Å². The highest BCUT2D eigenvalue weighted by Crippen LogP contribution is 2.14. The zero-order valence-electron chi connectivity index (χ0n) is 16.8. The molecule has 5 nitrogen and oxygen atoms in total. The van der Waals surface area contributed by atoms with Gasteiger partial charge in [0, 0.05) is 19.6 Å². The van der Waals surface area contributed by atoms with Crippen LogP contribution in [0.25, 0.3) is 0 Å². The fourth-order valence-electron chi connectivity index (χ4n) is 3.52. The van der Waals surface area contributed by atoms with Crippen LogP contribution in [0.3, 0.4) is 0 Å². The number of rotatable bonds is 8. The lowest BCUT2D eigenvalue weighted by atomic mass is 10.1. The molecule has 0 aromatic heterocycles. The van der Waals surface area contributed by atoms with Gasteiger partial charge in [-0.2, -0.15) is 0 Å². The van der Waals surface area contributed by atoms with E-state index in [4.69, 9.17) is 4.99 Å². The van der Waals surface area contributed by atoms with E-state index in [1.54, 1.807) is 0 Å². The van der Waals surface area contributed by atoms with Gasteiger partial charge in [0.25, 0.3) is 0 Å². The summed E-state index contributed by atoms with van der Waals surface area (Å²) >= 11 is 0. The van der Waals surface area contributed by atoms with Crippen LogP contribution in [0.2, 0.25) is 0 Å². The SMILES string of the molecule is CCNC(=NCc1ccc(CN2CCCC2)cc1)NCc1ccccc1CO. The van der Waals surface area contributed by atoms with Crippen molar-refractivity contribution in [3.8, 4) is 0 Å². The molecule has 0 unspecified atom stereocenters. The summed E-state index contributed by atoms with van der Waals surface area (Å²) in [7, 11) is 0. The number of aliphatic hydroxyl groups is 1. The molecule has 0 spiro atoms. The van der Waals surface area contributed by atoms with Crippen LogP contribution >= 0.6 is 0 Å². The van der Waals surface area contributed by atoms with Gasteiger partial charge in [0.15, 0.2) is 5.96 Å². The number of aliphatic imine (C=N–C) groups is 1. The Morgan fingerprint density at radius 2 is 1.64 bits per heavy atom. The van der Waals surface area contributed by atoms with Crippen LogP contribution < -0.4 is 10.6 Å². The summed E-state index contributed by atoms with van der Waals surface area (Å²) in [6.45, 7) is 7.70. The van der Waals surface area contributed by atoms with Crippen LogP contribution in [0.1, 0.15) is 42.0 Å². The van der Waals surface area contributed by atoms with Crippen LogP contribution in [0.15, 0.2) is 53.5 Å². The van der Waals surface area contributed by atoms with Crippen LogP contribution in [0.5, 0.6) is 0 Å². The third-order valence-electron chi connectivity index (χ3n) is 5.13. The predicted octanol–water partition coefficient (Wildman–Crippen LogP) is 3.03. The largest absolute Gasteiger partial charge is 0.392 e. The fraction of sp³-hybridized carbons (Fsp3) is 0.435. The quantitative estimate of drug-likeness (QED) is 0.487. The topological polar surface area (TPSA) is 59.9 Å². The molecule has 0 radical (unpaired) electrons. The Balaban J connectivity index is 1.55. The molecule has 0 saturated carbocycles. The maximum atomic E-state index is 9.47. The lowest BCUT2D eigenvalue weighted by Crippen LogP contribution is -2.37. The van der Waals surface area contributed by atoms with E-state index in [-0.39, 0.29) is 6.61 Å². The van der Waals surface area contributed by atoms with E-state index in [0.717, 1.165) is 30.2 Å². The van der Waals surface area contributed by atoms with Crippen molar-refractivity contribution in [3.63, 3.8) is 0 Å². The van der Waals surface area contributed by atoms with Gasteiger partial charge in [-0.05, 0) is 55.1 Å². The zero-order chi connectivity index (χ0) is 19.6. The fourth-order valence-corrected chi connectivity index (χ4v) is 3.52. The second-order valence-corrected chi connectivity index (χ2v) is 7.28. The summed E-state index contributed by atoms with van der Waals surface area (Å²) in [4.78, 5) is 7.23. The maximum absolute atomic E-state index is 9.47. The highest BCUT2D eigenvalue weighted by atomic mass is 16.3. The average Bonchev–Trinajstić information content (AvgIpc) is 3.24. The number of benzene rings is 2. The molecule has 2 aromatic carbocycles. The Kier molecular flexibility index (Phi) is 7.88. The Morgan fingerprint density at radius 1 is 0.964 bits per heavy atom. The van der Waals surface area contributed by atoms with Gasteiger partial charge in [-0.25, -0.2) is 4.99 Å². The van der Waals surface area contributed by atoms with Crippen molar-refractivity contribution < 1.29 is 5.11 Å². The Bertz CT molecular complexity index is 751. The first-order valence-corrected chi connectivity index (χ1v) is 10.3. The normalized spacial score (nSPS) is 15.0. The van der Waals surface area contributed by atoms with E-state index < -0.39 is 0 Å². The molecule has 0 atom stereocenters. The van der Waals surface area contributed by atoms with Crippen molar-refractivity contribution in [2.75, 3.05) is 19.6 Å². The van der Waals surface area contributed by atoms with Crippen molar-refractivity contribution in [1.82, 2.24) is 15.5 Å². The molecule has 1 saturated heterocycles. The summed E-state index contributed by atoms with van der Waals surface area (Å²) < 4.78 is 0. The summed E-state index contributed by atoms with van der Waals surface area (Å²) in [5, 5.41) is 16.1.